The normalized spacial score (nSPS) is 12.3. The summed E-state index contributed by atoms with van der Waals surface area (Å²) in [6.07, 6.45) is 2.25. The van der Waals surface area contributed by atoms with Crippen LogP contribution in [0.1, 0.15) is 54.4 Å². The SMILES string of the molecule is CC(C)(C)CCCOc1cccc(OC(C)(C)C)c1. The van der Waals surface area contributed by atoms with Crippen molar-refractivity contribution >= 4 is 0 Å². The van der Waals surface area contributed by atoms with Crippen molar-refractivity contribution in [3.05, 3.63) is 24.3 Å². The van der Waals surface area contributed by atoms with Gasteiger partial charge in [0.1, 0.15) is 17.1 Å². The van der Waals surface area contributed by atoms with E-state index in [0.29, 0.717) is 5.41 Å². The second-order valence-electron chi connectivity index (χ2n) is 7.20. The Bertz CT molecular complexity index is 383. The Labute approximate surface area is 118 Å². The van der Waals surface area contributed by atoms with Gasteiger partial charge in [0, 0.05) is 6.07 Å². The summed E-state index contributed by atoms with van der Waals surface area (Å²) in [6, 6.07) is 7.88. The number of ether oxygens (including phenoxy) is 2. The molecule has 0 N–H and O–H groups in total. The quantitative estimate of drug-likeness (QED) is 0.691. The zero-order valence-corrected chi connectivity index (χ0v) is 13.2. The summed E-state index contributed by atoms with van der Waals surface area (Å²) in [7, 11) is 0. The Morgan fingerprint density at radius 1 is 0.947 bits per heavy atom. The molecule has 0 unspecified atom stereocenters. The van der Waals surface area contributed by atoms with Crippen molar-refractivity contribution in [3.8, 4) is 11.5 Å². The molecular weight excluding hydrogens is 236 g/mol. The summed E-state index contributed by atoms with van der Waals surface area (Å²) in [5, 5.41) is 0. The van der Waals surface area contributed by atoms with Crippen LogP contribution in [0.15, 0.2) is 24.3 Å². The largest absolute Gasteiger partial charge is 0.493 e. The van der Waals surface area contributed by atoms with Gasteiger partial charge in [-0.25, -0.2) is 0 Å². The van der Waals surface area contributed by atoms with E-state index in [1.807, 2.05) is 45.0 Å². The Kier molecular flexibility index (Phi) is 5.28. The third kappa shape index (κ3) is 7.76. The van der Waals surface area contributed by atoms with Gasteiger partial charge >= 0.3 is 0 Å². The summed E-state index contributed by atoms with van der Waals surface area (Å²) in [5.41, 5.74) is 0.200. The number of benzene rings is 1. The second-order valence-corrected chi connectivity index (χ2v) is 7.20. The Hall–Kier alpha value is -1.18. The molecule has 0 saturated heterocycles. The van der Waals surface area contributed by atoms with Gasteiger partial charge in [0.25, 0.3) is 0 Å². The van der Waals surface area contributed by atoms with Crippen LogP contribution in [0.4, 0.5) is 0 Å². The second kappa shape index (κ2) is 6.31. The molecule has 0 spiro atoms. The van der Waals surface area contributed by atoms with Crippen LogP contribution in [0.2, 0.25) is 0 Å². The van der Waals surface area contributed by atoms with Crippen LogP contribution < -0.4 is 9.47 Å². The fraction of sp³-hybridized carbons (Fsp3) is 0.647. The summed E-state index contributed by atoms with van der Waals surface area (Å²) in [6.45, 7) is 13.7. The van der Waals surface area contributed by atoms with Gasteiger partial charge in [-0.15, -0.1) is 0 Å². The summed E-state index contributed by atoms with van der Waals surface area (Å²) < 4.78 is 11.6. The Morgan fingerprint density at radius 3 is 2.16 bits per heavy atom. The summed E-state index contributed by atoms with van der Waals surface area (Å²) >= 11 is 0. The van der Waals surface area contributed by atoms with Gasteiger partial charge in [0.2, 0.25) is 0 Å². The van der Waals surface area contributed by atoms with Gasteiger partial charge in [0.05, 0.1) is 6.61 Å². The van der Waals surface area contributed by atoms with E-state index in [-0.39, 0.29) is 5.60 Å². The van der Waals surface area contributed by atoms with Crippen LogP contribution in [0.5, 0.6) is 11.5 Å². The first-order valence-corrected chi connectivity index (χ1v) is 7.08. The summed E-state index contributed by atoms with van der Waals surface area (Å²) in [4.78, 5) is 0. The van der Waals surface area contributed by atoms with Crippen molar-refractivity contribution < 1.29 is 9.47 Å². The molecule has 2 nitrogen and oxygen atoms in total. The van der Waals surface area contributed by atoms with Crippen LogP contribution in [-0.2, 0) is 0 Å². The molecule has 0 bridgehead atoms. The molecular formula is C17H28O2. The fourth-order valence-electron chi connectivity index (χ4n) is 1.77. The van der Waals surface area contributed by atoms with E-state index < -0.39 is 0 Å². The van der Waals surface area contributed by atoms with Gasteiger partial charge in [-0.1, -0.05) is 26.8 Å². The minimum Gasteiger partial charge on any atom is -0.493 e. The predicted molar refractivity (Wildman–Crippen MR) is 81.0 cm³/mol. The molecule has 0 aliphatic rings. The predicted octanol–water partition coefficient (Wildman–Crippen LogP) is 5.07. The molecule has 108 valence electrons. The highest BCUT2D eigenvalue weighted by Gasteiger charge is 2.12. The first-order chi connectivity index (χ1) is 8.66. The molecule has 0 aliphatic heterocycles. The van der Waals surface area contributed by atoms with E-state index in [2.05, 4.69) is 20.8 Å². The molecule has 0 aromatic heterocycles. The summed E-state index contributed by atoms with van der Waals surface area (Å²) in [5.74, 6) is 1.75. The van der Waals surface area contributed by atoms with Gasteiger partial charge in [-0.2, -0.15) is 0 Å². The zero-order chi connectivity index (χ0) is 14.5. The van der Waals surface area contributed by atoms with Crippen molar-refractivity contribution in [3.63, 3.8) is 0 Å². The molecule has 0 aliphatic carbocycles. The van der Waals surface area contributed by atoms with Gasteiger partial charge in [-0.05, 0) is 51.2 Å². The highest BCUT2D eigenvalue weighted by Crippen LogP contribution is 2.24. The molecule has 0 atom stereocenters. The van der Waals surface area contributed by atoms with Gasteiger partial charge in [0.15, 0.2) is 0 Å². The van der Waals surface area contributed by atoms with Crippen molar-refractivity contribution in [1.29, 1.82) is 0 Å². The maximum absolute atomic E-state index is 5.82. The van der Waals surface area contributed by atoms with E-state index >= 15 is 0 Å². The van der Waals surface area contributed by atoms with Crippen LogP contribution >= 0.6 is 0 Å². The van der Waals surface area contributed by atoms with Crippen LogP contribution in [-0.4, -0.2) is 12.2 Å². The molecule has 1 rings (SSSR count). The van der Waals surface area contributed by atoms with Crippen molar-refractivity contribution in [2.24, 2.45) is 5.41 Å². The Morgan fingerprint density at radius 2 is 1.58 bits per heavy atom. The van der Waals surface area contributed by atoms with E-state index in [0.717, 1.165) is 24.5 Å². The van der Waals surface area contributed by atoms with Gasteiger partial charge in [-0.3, -0.25) is 0 Å². The monoisotopic (exact) mass is 264 g/mol. The maximum Gasteiger partial charge on any atom is 0.123 e. The lowest BCUT2D eigenvalue weighted by Gasteiger charge is -2.21. The third-order valence-corrected chi connectivity index (χ3v) is 2.57. The lowest BCUT2D eigenvalue weighted by atomic mass is 9.91. The molecule has 2 heteroatoms. The minimum absolute atomic E-state index is 0.176. The van der Waals surface area contributed by atoms with Crippen molar-refractivity contribution in [2.75, 3.05) is 6.61 Å². The molecule has 0 heterocycles. The lowest BCUT2D eigenvalue weighted by Crippen LogP contribution is -2.22. The molecule has 0 amide bonds. The number of hydrogen-bond donors (Lipinski definition) is 0. The first kappa shape index (κ1) is 15.9. The van der Waals surface area contributed by atoms with E-state index in [9.17, 15) is 0 Å². The Balaban J connectivity index is 2.44. The van der Waals surface area contributed by atoms with Crippen LogP contribution in [0.25, 0.3) is 0 Å². The topological polar surface area (TPSA) is 18.5 Å². The highest BCUT2D eigenvalue weighted by molar-refractivity contribution is 5.33. The van der Waals surface area contributed by atoms with E-state index in [1.165, 1.54) is 6.42 Å². The van der Waals surface area contributed by atoms with Crippen molar-refractivity contribution in [1.82, 2.24) is 0 Å². The molecule has 1 aromatic rings. The smallest absolute Gasteiger partial charge is 0.123 e. The molecule has 19 heavy (non-hydrogen) atoms. The maximum atomic E-state index is 5.82. The number of hydrogen-bond acceptors (Lipinski definition) is 2. The first-order valence-electron chi connectivity index (χ1n) is 7.08. The standard InChI is InChI=1S/C17H28O2/c1-16(2,3)11-8-12-18-14-9-7-10-15(13-14)19-17(4,5)6/h7,9-10,13H,8,11-12H2,1-6H3. The van der Waals surface area contributed by atoms with E-state index in [4.69, 9.17) is 9.47 Å². The average molecular weight is 264 g/mol. The molecule has 0 saturated carbocycles. The van der Waals surface area contributed by atoms with Gasteiger partial charge < -0.3 is 9.47 Å². The molecule has 0 radical (unpaired) electrons. The van der Waals surface area contributed by atoms with E-state index in [1.54, 1.807) is 0 Å². The third-order valence-electron chi connectivity index (χ3n) is 2.57. The zero-order valence-electron chi connectivity index (χ0n) is 13.2. The minimum atomic E-state index is -0.176. The average Bonchev–Trinajstić information content (AvgIpc) is 2.21. The van der Waals surface area contributed by atoms with Crippen LogP contribution in [0.3, 0.4) is 0 Å². The van der Waals surface area contributed by atoms with Crippen LogP contribution in [0, 0.1) is 5.41 Å². The van der Waals surface area contributed by atoms with Crippen molar-refractivity contribution in [2.45, 2.75) is 60.0 Å². The highest BCUT2D eigenvalue weighted by atomic mass is 16.5. The fourth-order valence-corrected chi connectivity index (χ4v) is 1.77. The lowest BCUT2D eigenvalue weighted by molar-refractivity contribution is 0.130. The number of rotatable bonds is 5. The molecule has 0 fully saturated rings. The molecule has 1 aromatic carbocycles.